The Morgan fingerprint density at radius 2 is 2.25 bits per heavy atom. The van der Waals surface area contributed by atoms with E-state index in [-0.39, 0.29) is 29.7 Å². The van der Waals surface area contributed by atoms with Gasteiger partial charge >= 0.3 is 6.61 Å². The van der Waals surface area contributed by atoms with E-state index < -0.39 is 6.61 Å². The number of guanidine groups is 1. The van der Waals surface area contributed by atoms with Crippen LogP contribution in [0.25, 0.3) is 0 Å². The molecule has 0 saturated carbocycles. The average molecular weight is 536 g/mol. The van der Waals surface area contributed by atoms with Gasteiger partial charge in [0.1, 0.15) is 5.75 Å². The third-order valence-corrected chi connectivity index (χ3v) is 5.32. The van der Waals surface area contributed by atoms with E-state index >= 15 is 0 Å². The molecule has 1 saturated heterocycles. The molecule has 136 valence electrons. The minimum Gasteiger partial charge on any atom is -0.434 e. The predicted octanol–water partition coefficient (Wildman–Crippen LogP) is 4.23. The van der Waals surface area contributed by atoms with Gasteiger partial charge in [0, 0.05) is 35.4 Å². The van der Waals surface area contributed by atoms with Gasteiger partial charge in [0.2, 0.25) is 0 Å². The lowest BCUT2D eigenvalue weighted by Gasteiger charge is -2.16. The minimum atomic E-state index is -2.84. The monoisotopic (exact) mass is 535 g/mol. The average Bonchev–Trinajstić information content (AvgIpc) is 3.03. The normalized spacial score (nSPS) is 17.5. The molecule has 0 spiro atoms. The van der Waals surface area contributed by atoms with Crippen molar-refractivity contribution in [1.29, 1.82) is 0 Å². The summed E-state index contributed by atoms with van der Waals surface area (Å²) in [5, 5.41) is 7.02. The standard InChI is InChI=1S/C15H20BrF2N3OS.HI/c1-19-15(21-9-12-3-2-6-23-12)20-8-10-7-11(16)4-5-13(10)22-14(17)18;/h4-5,7,12,14H,2-3,6,8-9H2,1H3,(H2,19,20,21);1H. The Morgan fingerprint density at radius 3 is 2.88 bits per heavy atom. The van der Waals surface area contributed by atoms with E-state index in [0.29, 0.717) is 23.3 Å². The minimum absolute atomic E-state index is 0. The SMILES string of the molecule is CN=C(NCc1cc(Br)ccc1OC(F)F)NCC1CCCS1.I. The van der Waals surface area contributed by atoms with Crippen molar-refractivity contribution >= 4 is 57.6 Å². The highest BCUT2D eigenvalue weighted by Crippen LogP contribution is 2.26. The summed E-state index contributed by atoms with van der Waals surface area (Å²) in [6.45, 7) is -1.64. The first-order valence-corrected chi connectivity index (χ1v) is 9.22. The zero-order chi connectivity index (χ0) is 16.7. The Morgan fingerprint density at radius 1 is 1.46 bits per heavy atom. The van der Waals surface area contributed by atoms with Crippen molar-refractivity contribution in [3.63, 3.8) is 0 Å². The Kier molecular flexibility index (Phi) is 10.3. The Balaban J connectivity index is 0.00000288. The Bertz CT molecular complexity index is 545. The molecule has 1 heterocycles. The van der Waals surface area contributed by atoms with Gasteiger partial charge in [-0.2, -0.15) is 20.5 Å². The fourth-order valence-corrected chi connectivity index (χ4v) is 3.92. The summed E-state index contributed by atoms with van der Waals surface area (Å²) in [6, 6.07) is 4.95. The molecule has 2 rings (SSSR count). The molecule has 0 aromatic heterocycles. The van der Waals surface area contributed by atoms with Crippen LogP contribution in [0.3, 0.4) is 0 Å². The number of benzene rings is 1. The topological polar surface area (TPSA) is 45.7 Å². The summed E-state index contributed by atoms with van der Waals surface area (Å²) < 4.78 is 30.3. The van der Waals surface area contributed by atoms with Crippen molar-refractivity contribution < 1.29 is 13.5 Å². The number of rotatable bonds is 6. The molecule has 0 aliphatic carbocycles. The van der Waals surface area contributed by atoms with Gasteiger partial charge in [-0.3, -0.25) is 4.99 Å². The highest BCUT2D eigenvalue weighted by Gasteiger charge is 2.16. The molecule has 1 aromatic rings. The van der Waals surface area contributed by atoms with Gasteiger partial charge in [0.05, 0.1) is 0 Å². The molecule has 9 heteroatoms. The van der Waals surface area contributed by atoms with Gasteiger partial charge in [0.15, 0.2) is 5.96 Å². The highest BCUT2D eigenvalue weighted by molar-refractivity contribution is 14.0. The highest BCUT2D eigenvalue weighted by atomic mass is 127. The summed E-state index contributed by atoms with van der Waals surface area (Å²) in [6.07, 6.45) is 2.47. The first kappa shape index (κ1) is 21.8. The third-order valence-electron chi connectivity index (χ3n) is 3.43. The molecule has 1 atom stereocenters. The van der Waals surface area contributed by atoms with Crippen LogP contribution in [-0.4, -0.2) is 37.2 Å². The van der Waals surface area contributed by atoms with Crippen LogP contribution in [-0.2, 0) is 6.54 Å². The smallest absolute Gasteiger partial charge is 0.387 e. The van der Waals surface area contributed by atoms with Crippen molar-refractivity contribution in [1.82, 2.24) is 10.6 Å². The Labute approximate surface area is 170 Å². The van der Waals surface area contributed by atoms with Crippen molar-refractivity contribution in [2.75, 3.05) is 19.3 Å². The molecule has 2 N–H and O–H groups in total. The molecule has 0 bridgehead atoms. The lowest BCUT2D eigenvalue weighted by molar-refractivity contribution is -0.0504. The van der Waals surface area contributed by atoms with Gasteiger partial charge in [-0.15, -0.1) is 24.0 Å². The van der Waals surface area contributed by atoms with Crippen LogP contribution >= 0.6 is 51.7 Å². The van der Waals surface area contributed by atoms with Crippen LogP contribution < -0.4 is 15.4 Å². The number of hydrogen-bond donors (Lipinski definition) is 2. The van der Waals surface area contributed by atoms with E-state index in [9.17, 15) is 8.78 Å². The second kappa shape index (κ2) is 11.3. The molecular weight excluding hydrogens is 515 g/mol. The van der Waals surface area contributed by atoms with E-state index in [0.717, 1.165) is 11.0 Å². The second-order valence-corrected chi connectivity index (χ2v) is 7.40. The zero-order valence-electron chi connectivity index (χ0n) is 13.2. The maximum absolute atomic E-state index is 12.5. The molecule has 1 aliphatic rings. The largest absolute Gasteiger partial charge is 0.434 e. The van der Waals surface area contributed by atoms with Gasteiger partial charge in [-0.25, -0.2) is 0 Å². The first-order valence-electron chi connectivity index (χ1n) is 7.38. The molecule has 4 nitrogen and oxygen atoms in total. The number of alkyl halides is 2. The number of nitrogens with one attached hydrogen (secondary N) is 2. The summed E-state index contributed by atoms with van der Waals surface area (Å²) in [5.41, 5.74) is 0.637. The fraction of sp³-hybridized carbons (Fsp3) is 0.533. The number of aliphatic imine (C=N–C) groups is 1. The summed E-state index contributed by atoms with van der Waals surface area (Å²) in [4.78, 5) is 4.16. The first-order chi connectivity index (χ1) is 11.1. The molecule has 24 heavy (non-hydrogen) atoms. The number of thioether (sulfide) groups is 1. The van der Waals surface area contributed by atoms with E-state index in [1.165, 1.54) is 24.7 Å². The molecule has 1 aliphatic heterocycles. The predicted molar refractivity (Wildman–Crippen MR) is 110 cm³/mol. The van der Waals surface area contributed by atoms with Crippen LogP contribution in [0.2, 0.25) is 0 Å². The van der Waals surface area contributed by atoms with Crippen LogP contribution in [0.1, 0.15) is 18.4 Å². The van der Waals surface area contributed by atoms with Gasteiger partial charge in [-0.1, -0.05) is 15.9 Å². The van der Waals surface area contributed by atoms with Crippen LogP contribution in [0, 0.1) is 0 Å². The zero-order valence-corrected chi connectivity index (χ0v) is 18.0. The van der Waals surface area contributed by atoms with Crippen LogP contribution in [0.4, 0.5) is 8.78 Å². The molecular formula is C15H21BrF2IN3OS. The van der Waals surface area contributed by atoms with Crippen LogP contribution in [0.15, 0.2) is 27.7 Å². The van der Waals surface area contributed by atoms with Gasteiger partial charge < -0.3 is 15.4 Å². The van der Waals surface area contributed by atoms with Crippen molar-refractivity contribution in [3.05, 3.63) is 28.2 Å². The number of nitrogens with zero attached hydrogens (tertiary/aromatic N) is 1. The second-order valence-electron chi connectivity index (χ2n) is 5.07. The lowest BCUT2D eigenvalue weighted by atomic mass is 10.2. The third kappa shape index (κ3) is 7.30. The van der Waals surface area contributed by atoms with Crippen molar-refractivity contribution in [2.45, 2.75) is 31.2 Å². The maximum atomic E-state index is 12.5. The molecule has 1 fully saturated rings. The molecule has 1 aromatic carbocycles. The van der Waals surface area contributed by atoms with Gasteiger partial charge in [0.25, 0.3) is 0 Å². The Hall–Kier alpha value is -0.290. The summed E-state index contributed by atoms with van der Waals surface area (Å²) in [5.74, 6) is 2.03. The van der Waals surface area contributed by atoms with E-state index in [1.807, 2.05) is 11.8 Å². The maximum Gasteiger partial charge on any atom is 0.387 e. The van der Waals surface area contributed by atoms with Crippen LogP contribution in [0.5, 0.6) is 5.75 Å². The van der Waals surface area contributed by atoms with E-state index in [1.54, 1.807) is 19.2 Å². The van der Waals surface area contributed by atoms with Crippen molar-refractivity contribution in [3.8, 4) is 5.75 Å². The quantitative estimate of drug-likeness (QED) is 0.325. The summed E-state index contributed by atoms with van der Waals surface area (Å²) >= 11 is 5.31. The van der Waals surface area contributed by atoms with Gasteiger partial charge in [-0.05, 0) is 36.8 Å². The number of ether oxygens (including phenoxy) is 1. The molecule has 0 radical (unpaired) electrons. The fourth-order valence-electron chi connectivity index (χ4n) is 2.31. The molecule has 1 unspecified atom stereocenters. The number of halogens is 4. The number of hydrogen-bond acceptors (Lipinski definition) is 3. The van der Waals surface area contributed by atoms with E-state index in [2.05, 4.69) is 36.3 Å². The summed E-state index contributed by atoms with van der Waals surface area (Å²) in [7, 11) is 1.69. The lowest BCUT2D eigenvalue weighted by Crippen LogP contribution is -2.39. The van der Waals surface area contributed by atoms with Crippen molar-refractivity contribution in [2.24, 2.45) is 4.99 Å². The molecule has 0 amide bonds. The van der Waals surface area contributed by atoms with E-state index in [4.69, 9.17) is 0 Å².